The number of nitrogens with zero attached hydrogens (tertiary/aromatic N) is 1. The molecule has 0 fully saturated rings. The first-order chi connectivity index (χ1) is 15.6. The Morgan fingerprint density at radius 1 is 0.719 bits per heavy atom. The molecule has 172 valence electrons. The second kappa shape index (κ2) is 11.7. The molecular weight excluding hydrogens is 419 g/mol. The van der Waals surface area contributed by atoms with Crippen molar-refractivity contribution in [3.63, 3.8) is 0 Å². The zero-order valence-corrected chi connectivity index (χ0v) is 19.7. The molecule has 0 heterocycles. The first-order valence-corrected chi connectivity index (χ1v) is 13.0. The van der Waals surface area contributed by atoms with Crippen molar-refractivity contribution in [3.05, 3.63) is 108 Å². The van der Waals surface area contributed by atoms with Crippen LogP contribution in [-0.4, -0.2) is 34.7 Å². The summed E-state index contributed by atoms with van der Waals surface area (Å²) in [5.74, 6) is 0. The van der Waals surface area contributed by atoms with Crippen molar-refractivity contribution in [1.29, 1.82) is 0 Å². The van der Waals surface area contributed by atoms with Gasteiger partial charge in [-0.2, -0.15) is 0 Å². The van der Waals surface area contributed by atoms with E-state index in [0.29, 0.717) is 13.1 Å². The van der Waals surface area contributed by atoms with E-state index in [-0.39, 0.29) is 0 Å². The minimum absolute atomic E-state index is 0.469. The number of hydrogen-bond acceptors (Lipinski definition) is 5. The average Bonchev–Trinajstić information content (AvgIpc) is 2.85. The van der Waals surface area contributed by atoms with Gasteiger partial charge in [-0.1, -0.05) is 0 Å². The summed E-state index contributed by atoms with van der Waals surface area (Å²) in [7, 11) is -2.88. The van der Waals surface area contributed by atoms with Crippen LogP contribution in [0.25, 0.3) is 0 Å². The molecule has 0 aliphatic rings. The topological polar surface area (TPSA) is 79.0 Å². The fraction of sp³-hybridized carbons (Fsp3) is 0.308. The molecule has 0 bridgehead atoms. The number of nitrogens with two attached hydrogens (primary N) is 1. The number of unbranched alkanes of at least 4 members (excludes halogenated alkanes) is 3. The van der Waals surface area contributed by atoms with Crippen LogP contribution < -0.4 is 5.73 Å². The first kappa shape index (κ1) is 24.5. The van der Waals surface area contributed by atoms with Gasteiger partial charge in [-0.15, -0.1) is 0 Å². The summed E-state index contributed by atoms with van der Waals surface area (Å²) in [6.07, 6.45) is 3.73. The molecule has 0 unspecified atom stereocenters. The van der Waals surface area contributed by atoms with Crippen molar-refractivity contribution >= 4 is 8.09 Å². The molecule has 0 amide bonds. The van der Waals surface area contributed by atoms with Crippen LogP contribution in [0, 0.1) is 0 Å². The monoisotopic (exact) mass is 454 g/mol. The van der Waals surface area contributed by atoms with Crippen LogP contribution >= 0.6 is 8.09 Å². The SMILES string of the molecule is CO[PH](O)(O)N(CCCCCCN)C(c1ccccc1)(c1ccccc1)c1ccccc1. The van der Waals surface area contributed by atoms with Gasteiger partial charge in [0.1, 0.15) is 0 Å². The van der Waals surface area contributed by atoms with Gasteiger partial charge in [0.25, 0.3) is 0 Å². The van der Waals surface area contributed by atoms with Crippen LogP contribution in [-0.2, 0) is 10.1 Å². The molecule has 3 rings (SSSR count). The van der Waals surface area contributed by atoms with Gasteiger partial charge < -0.3 is 0 Å². The van der Waals surface area contributed by atoms with Crippen molar-refractivity contribution < 1.29 is 14.3 Å². The summed E-state index contributed by atoms with van der Waals surface area (Å²) in [5.41, 5.74) is 7.59. The second-order valence-corrected chi connectivity index (χ2v) is 10.0. The van der Waals surface area contributed by atoms with Gasteiger partial charge in [0.05, 0.1) is 0 Å². The fourth-order valence-corrected chi connectivity index (χ4v) is 5.91. The molecule has 32 heavy (non-hydrogen) atoms. The van der Waals surface area contributed by atoms with E-state index in [1.54, 1.807) is 4.67 Å². The van der Waals surface area contributed by atoms with Crippen molar-refractivity contribution in [3.8, 4) is 0 Å². The molecule has 0 saturated carbocycles. The van der Waals surface area contributed by atoms with E-state index in [2.05, 4.69) is 0 Å². The van der Waals surface area contributed by atoms with Crippen molar-refractivity contribution in [1.82, 2.24) is 4.67 Å². The summed E-state index contributed by atoms with van der Waals surface area (Å²) in [4.78, 5) is 22.6. The number of hydrogen-bond donors (Lipinski definition) is 3. The second-order valence-electron chi connectivity index (χ2n) is 7.94. The molecule has 3 aromatic rings. The van der Waals surface area contributed by atoms with Gasteiger partial charge in [-0.3, -0.25) is 0 Å². The third kappa shape index (κ3) is 5.26. The van der Waals surface area contributed by atoms with Crippen molar-refractivity contribution in [2.75, 3.05) is 20.2 Å². The van der Waals surface area contributed by atoms with Crippen molar-refractivity contribution in [2.24, 2.45) is 5.73 Å². The Morgan fingerprint density at radius 2 is 1.12 bits per heavy atom. The molecule has 0 saturated heterocycles. The fourth-order valence-electron chi connectivity index (χ4n) is 4.42. The van der Waals surface area contributed by atoms with Gasteiger partial charge in [0, 0.05) is 0 Å². The van der Waals surface area contributed by atoms with Crippen LogP contribution in [0.5, 0.6) is 0 Å². The Hall–Kier alpha value is -2.11. The molecule has 0 aromatic heterocycles. The predicted octanol–water partition coefficient (Wildman–Crippen LogP) is 4.84. The Kier molecular flexibility index (Phi) is 8.94. The molecule has 4 N–H and O–H groups in total. The van der Waals surface area contributed by atoms with Gasteiger partial charge in [-0.25, -0.2) is 0 Å². The normalized spacial score (nSPS) is 12.8. The number of benzene rings is 3. The zero-order chi connectivity index (χ0) is 22.9. The average molecular weight is 455 g/mol. The molecular formula is C26H35N2O3P. The van der Waals surface area contributed by atoms with Gasteiger partial charge in [0.15, 0.2) is 0 Å². The summed E-state index contributed by atoms with van der Waals surface area (Å²) >= 11 is 0. The van der Waals surface area contributed by atoms with E-state index in [0.717, 1.165) is 42.4 Å². The predicted molar refractivity (Wildman–Crippen MR) is 133 cm³/mol. The maximum atomic E-state index is 11.3. The molecule has 5 nitrogen and oxygen atoms in total. The first-order valence-electron chi connectivity index (χ1n) is 11.2. The van der Waals surface area contributed by atoms with Gasteiger partial charge in [0.2, 0.25) is 0 Å². The Balaban J connectivity index is 2.24. The van der Waals surface area contributed by atoms with Gasteiger partial charge >= 0.3 is 192 Å². The zero-order valence-electron chi connectivity index (χ0n) is 18.7. The molecule has 0 aliphatic carbocycles. The van der Waals surface area contributed by atoms with E-state index in [1.807, 2.05) is 91.0 Å². The molecule has 0 aliphatic heterocycles. The van der Waals surface area contributed by atoms with Crippen LogP contribution in [0.15, 0.2) is 91.0 Å². The summed E-state index contributed by atoms with van der Waals surface area (Å²) in [6.45, 7) is 1.14. The standard InChI is InChI=1S/C26H35N2O3P/c1-31-32(29,30)28(22-14-3-2-13-21-27)26(23-15-7-4-8-16-23,24-17-9-5-10-18-24)25-19-11-6-12-20-25/h4-12,15-20,29-30,32H,2-3,13-14,21-22,27H2,1H3. The number of rotatable bonds is 12. The van der Waals surface area contributed by atoms with E-state index >= 15 is 0 Å². The Labute approximate surface area is 192 Å². The molecule has 0 spiro atoms. The van der Waals surface area contributed by atoms with Crippen LogP contribution in [0.2, 0.25) is 0 Å². The third-order valence-corrected chi connectivity index (χ3v) is 7.75. The van der Waals surface area contributed by atoms with Gasteiger partial charge in [-0.05, 0) is 0 Å². The van der Waals surface area contributed by atoms with E-state index < -0.39 is 13.6 Å². The summed E-state index contributed by atoms with van der Waals surface area (Å²) in [5, 5.41) is 0. The molecule has 6 heteroatoms. The quantitative estimate of drug-likeness (QED) is 0.207. The summed E-state index contributed by atoms with van der Waals surface area (Å²) < 4.78 is 7.20. The molecule has 0 radical (unpaired) electrons. The molecule has 0 atom stereocenters. The third-order valence-electron chi connectivity index (χ3n) is 5.94. The van der Waals surface area contributed by atoms with E-state index in [4.69, 9.17) is 10.3 Å². The van der Waals surface area contributed by atoms with Crippen LogP contribution in [0.3, 0.4) is 0 Å². The maximum absolute atomic E-state index is 11.3. The van der Waals surface area contributed by atoms with Crippen molar-refractivity contribution in [2.45, 2.75) is 31.2 Å². The van der Waals surface area contributed by atoms with E-state index in [1.165, 1.54) is 7.11 Å². The van der Waals surface area contributed by atoms with Crippen LogP contribution in [0.4, 0.5) is 0 Å². The molecule has 3 aromatic carbocycles. The van der Waals surface area contributed by atoms with E-state index in [9.17, 15) is 9.79 Å². The Morgan fingerprint density at radius 3 is 1.50 bits per heavy atom. The Bertz CT molecular complexity index is 827. The minimum atomic E-state index is -4.25. The van der Waals surface area contributed by atoms with Crippen LogP contribution in [0.1, 0.15) is 42.4 Å². The summed E-state index contributed by atoms with van der Waals surface area (Å²) in [6, 6.07) is 30.1.